The number of likely N-dealkylation sites (N-methyl/N-ethyl adjacent to an activating group) is 1. The first-order valence-corrected chi connectivity index (χ1v) is 10.2. The van der Waals surface area contributed by atoms with Crippen LogP contribution in [-0.4, -0.2) is 41.7 Å². The molecule has 0 fully saturated rings. The van der Waals surface area contributed by atoms with Gasteiger partial charge in [0.2, 0.25) is 0 Å². The first-order chi connectivity index (χ1) is 13.5. The van der Waals surface area contributed by atoms with Gasteiger partial charge in [0.05, 0.1) is 12.2 Å². The highest BCUT2D eigenvalue weighted by atomic mass is 16.3. The van der Waals surface area contributed by atoms with Gasteiger partial charge in [-0.2, -0.15) is 0 Å². The molecular weight excluding hydrogens is 350 g/mol. The average Bonchev–Trinajstić information content (AvgIpc) is 2.71. The molecule has 1 aliphatic heterocycles. The lowest BCUT2D eigenvalue weighted by Gasteiger charge is -2.42. The number of anilines is 2. The monoisotopic (exact) mass is 381 g/mol. The molecule has 2 N–H and O–H groups in total. The lowest BCUT2D eigenvalue weighted by molar-refractivity contribution is 0.0593. The van der Waals surface area contributed by atoms with Crippen molar-refractivity contribution >= 4 is 17.3 Å². The molecule has 1 aliphatic rings. The Labute approximate surface area is 168 Å². The number of rotatable bonds is 7. The van der Waals surface area contributed by atoms with Crippen molar-refractivity contribution in [3.63, 3.8) is 0 Å². The highest BCUT2D eigenvalue weighted by Crippen LogP contribution is 2.37. The van der Waals surface area contributed by atoms with Crippen molar-refractivity contribution in [1.82, 2.24) is 4.90 Å². The number of carbonyl (C=O) groups is 1. The summed E-state index contributed by atoms with van der Waals surface area (Å²) in [6.45, 7) is 9.97. The summed E-state index contributed by atoms with van der Waals surface area (Å²) in [5.41, 5.74) is 4.94. The zero-order valence-electron chi connectivity index (χ0n) is 17.3. The van der Waals surface area contributed by atoms with Gasteiger partial charge in [0.1, 0.15) is 6.17 Å². The number of hydrogen-bond acceptors (Lipinski definition) is 4. The van der Waals surface area contributed by atoms with Crippen LogP contribution in [0, 0.1) is 6.92 Å². The second kappa shape index (κ2) is 8.65. The van der Waals surface area contributed by atoms with E-state index in [1.54, 1.807) is 0 Å². The number of carbonyl (C=O) groups excluding carboxylic acids is 1. The Balaban J connectivity index is 2.01. The van der Waals surface area contributed by atoms with Crippen molar-refractivity contribution in [2.24, 2.45) is 0 Å². The molecule has 150 valence electrons. The van der Waals surface area contributed by atoms with Crippen LogP contribution in [0.4, 0.5) is 11.4 Å². The molecule has 0 aromatic heterocycles. The van der Waals surface area contributed by atoms with Crippen LogP contribution < -0.4 is 10.2 Å². The van der Waals surface area contributed by atoms with Crippen LogP contribution >= 0.6 is 0 Å². The van der Waals surface area contributed by atoms with Gasteiger partial charge in [-0.25, -0.2) is 0 Å². The SMILES string of the molecule is CC[C@H](C)N1C(=O)c2ccccc2N[C@@H]1c1ccc(N(CC)CCO)cc1C. The van der Waals surface area contributed by atoms with E-state index < -0.39 is 0 Å². The zero-order valence-corrected chi connectivity index (χ0v) is 17.3. The van der Waals surface area contributed by atoms with Crippen LogP contribution in [-0.2, 0) is 0 Å². The van der Waals surface area contributed by atoms with Gasteiger partial charge in [0, 0.05) is 30.5 Å². The fourth-order valence-corrected chi connectivity index (χ4v) is 3.90. The summed E-state index contributed by atoms with van der Waals surface area (Å²) in [4.78, 5) is 17.4. The third kappa shape index (κ3) is 3.72. The van der Waals surface area contributed by atoms with E-state index in [2.05, 4.69) is 56.1 Å². The van der Waals surface area contributed by atoms with Crippen molar-refractivity contribution < 1.29 is 9.90 Å². The number of hydrogen-bond donors (Lipinski definition) is 2. The van der Waals surface area contributed by atoms with E-state index >= 15 is 0 Å². The molecule has 0 aliphatic carbocycles. The number of nitrogens with one attached hydrogen (secondary N) is 1. The van der Waals surface area contributed by atoms with Gasteiger partial charge in [-0.3, -0.25) is 4.79 Å². The Morgan fingerprint density at radius 2 is 1.96 bits per heavy atom. The first-order valence-electron chi connectivity index (χ1n) is 10.2. The number of aliphatic hydroxyl groups is 1. The molecule has 2 atom stereocenters. The Bertz CT molecular complexity index is 836. The van der Waals surface area contributed by atoms with Crippen molar-refractivity contribution in [2.75, 3.05) is 29.9 Å². The van der Waals surface area contributed by atoms with Gasteiger partial charge in [-0.1, -0.05) is 25.1 Å². The highest BCUT2D eigenvalue weighted by Gasteiger charge is 2.35. The van der Waals surface area contributed by atoms with E-state index in [1.807, 2.05) is 29.2 Å². The summed E-state index contributed by atoms with van der Waals surface area (Å²) in [5, 5.41) is 12.9. The Hall–Kier alpha value is -2.53. The molecule has 28 heavy (non-hydrogen) atoms. The minimum atomic E-state index is -0.195. The largest absolute Gasteiger partial charge is 0.395 e. The third-order valence-electron chi connectivity index (χ3n) is 5.69. The van der Waals surface area contributed by atoms with Gasteiger partial charge in [-0.15, -0.1) is 0 Å². The van der Waals surface area contributed by atoms with Gasteiger partial charge in [0.25, 0.3) is 5.91 Å². The van der Waals surface area contributed by atoms with Gasteiger partial charge < -0.3 is 20.2 Å². The first kappa shape index (κ1) is 20.2. The molecule has 0 spiro atoms. The maximum absolute atomic E-state index is 13.3. The predicted octanol–water partition coefficient (Wildman–Crippen LogP) is 4.18. The standard InChI is InChI=1S/C23H31N3O2/c1-5-17(4)26-22(24-21-10-8-7-9-20(21)23(26)28)19-12-11-18(15-16(19)3)25(6-2)13-14-27/h7-12,15,17,22,24,27H,5-6,13-14H2,1-4H3/t17-,22-/m0/s1. The molecular formula is C23H31N3O2. The number of aliphatic hydroxyl groups excluding tert-OH is 1. The van der Waals surface area contributed by atoms with E-state index in [9.17, 15) is 9.90 Å². The van der Waals surface area contributed by atoms with E-state index in [0.29, 0.717) is 6.54 Å². The van der Waals surface area contributed by atoms with Gasteiger partial charge >= 0.3 is 0 Å². The van der Waals surface area contributed by atoms with Crippen LogP contribution in [0.25, 0.3) is 0 Å². The second-order valence-corrected chi connectivity index (χ2v) is 7.41. The summed E-state index contributed by atoms with van der Waals surface area (Å²) >= 11 is 0. The van der Waals surface area contributed by atoms with Crippen molar-refractivity contribution in [1.29, 1.82) is 0 Å². The van der Waals surface area contributed by atoms with E-state index in [0.717, 1.165) is 41.0 Å². The average molecular weight is 382 g/mol. The lowest BCUT2D eigenvalue weighted by atomic mass is 9.97. The second-order valence-electron chi connectivity index (χ2n) is 7.41. The molecule has 0 bridgehead atoms. The topological polar surface area (TPSA) is 55.8 Å². The summed E-state index contributed by atoms with van der Waals surface area (Å²) in [6.07, 6.45) is 0.697. The van der Waals surface area contributed by atoms with Crippen LogP contribution in [0.5, 0.6) is 0 Å². The number of para-hydroxylation sites is 1. The number of benzene rings is 2. The van der Waals surface area contributed by atoms with Crippen LogP contribution in [0.15, 0.2) is 42.5 Å². The molecule has 5 nitrogen and oxygen atoms in total. The molecule has 1 amide bonds. The van der Waals surface area contributed by atoms with Crippen LogP contribution in [0.2, 0.25) is 0 Å². The molecule has 3 rings (SSSR count). The third-order valence-corrected chi connectivity index (χ3v) is 5.69. The van der Waals surface area contributed by atoms with E-state index in [4.69, 9.17) is 0 Å². The number of nitrogens with zero attached hydrogens (tertiary/aromatic N) is 2. The Morgan fingerprint density at radius 3 is 2.61 bits per heavy atom. The minimum absolute atomic E-state index is 0.0765. The zero-order chi connectivity index (χ0) is 20.3. The minimum Gasteiger partial charge on any atom is -0.395 e. The Morgan fingerprint density at radius 1 is 1.21 bits per heavy atom. The number of fused-ring (bicyclic) bond motifs is 1. The maximum Gasteiger partial charge on any atom is 0.258 e. The molecule has 0 unspecified atom stereocenters. The van der Waals surface area contributed by atoms with Crippen molar-refractivity contribution in [3.05, 3.63) is 59.2 Å². The van der Waals surface area contributed by atoms with Crippen LogP contribution in [0.1, 0.15) is 54.8 Å². The summed E-state index contributed by atoms with van der Waals surface area (Å²) in [5.74, 6) is 0.0765. The quantitative estimate of drug-likeness (QED) is 0.755. The Kier molecular flexibility index (Phi) is 6.25. The van der Waals surface area contributed by atoms with Crippen LogP contribution in [0.3, 0.4) is 0 Å². The molecule has 0 radical (unpaired) electrons. The normalized spacial score (nSPS) is 17.1. The number of aryl methyl sites for hydroxylation is 1. The smallest absolute Gasteiger partial charge is 0.258 e. The summed E-state index contributed by atoms with van der Waals surface area (Å²) in [7, 11) is 0. The summed E-state index contributed by atoms with van der Waals surface area (Å²) < 4.78 is 0. The van der Waals surface area contributed by atoms with Gasteiger partial charge in [-0.05, 0) is 62.6 Å². The molecule has 2 aromatic rings. The fraction of sp³-hybridized carbons (Fsp3) is 0.435. The highest BCUT2D eigenvalue weighted by molar-refractivity contribution is 6.02. The molecule has 0 saturated carbocycles. The molecule has 1 heterocycles. The summed E-state index contributed by atoms with van der Waals surface area (Å²) in [6, 6.07) is 14.2. The lowest BCUT2D eigenvalue weighted by Crippen LogP contribution is -2.47. The predicted molar refractivity (Wildman–Crippen MR) is 115 cm³/mol. The number of amides is 1. The van der Waals surface area contributed by atoms with Crippen molar-refractivity contribution in [3.8, 4) is 0 Å². The molecule has 0 saturated heterocycles. The molecule has 2 aromatic carbocycles. The van der Waals surface area contributed by atoms with Gasteiger partial charge in [0.15, 0.2) is 0 Å². The molecule has 5 heteroatoms. The fourth-order valence-electron chi connectivity index (χ4n) is 3.90. The van der Waals surface area contributed by atoms with Crippen molar-refractivity contribution in [2.45, 2.75) is 46.3 Å². The van der Waals surface area contributed by atoms with E-state index in [-0.39, 0.29) is 24.7 Å². The maximum atomic E-state index is 13.3. The van der Waals surface area contributed by atoms with E-state index in [1.165, 1.54) is 0 Å².